The van der Waals surface area contributed by atoms with E-state index in [0.717, 1.165) is 17.0 Å². The first-order valence-electron chi connectivity index (χ1n) is 8.98. The number of benzene rings is 1. The Balaban J connectivity index is 1.57. The summed E-state index contributed by atoms with van der Waals surface area (Å²) in [6.07, 6.45) is 4.62. The van der Waals surface area contributed by atoms with Crippen LogP contribution in [0.3, 0.4) is 0 Å². The fourth-order valence-electron chi connectivity index (χ4n) is 2.99. The van der Waals surface area contributed by atoms with Crippen molar-refractivity contribution in [3.8, 4) is 11.3 Å². The van der Waals surface area contributed by atoms with E-state index in [-0.39, 0.29) is 17.6 Å². The van der Waals surface area contributed by atoms with Gasteiger partial charge in [0.2, 0.25) is 0 Å². The zero-order chi connectivity index (χ0) is 20.2. The summed E-state index contributed by atoms with van der Waals surface area (Å²) < 4.78 is 7.22. The van der Waals surface area contributed by atoms with Gasteiger partial charge in [-0.05, 0) is 42.7 Å². The van der Waals surface area contributed by atoms with Gasteiger partial charge in [-0.15, -0.1) is 10.2 Å². The minimum absolute atomic E-state index is 0.197. The maximum atomic E-state index is 12.8. The van der Waals surface area contributed by atoms with Crippen LogP contribution in [0.1, 0.15) is 28.8 Å². The van der Waals surface area contributed by atoms with Crippen LogP contribution in [-0.4, -0.2) is 37.7 Å². The number of hydrogen-bond donors (Lipinski definition) is 1. The highest BCUT2D eigenvalue weighted by Crippen LogP contribution is 2.24. The second kappa shape index (κ2) is 8.67. The van der Waals surface area contributed by atoms with Crippen LogP contribution in [0.15, 0.2) is 59.3 Å². The van der Waals surface area contributed by atoms with Crippen molar-refractivity contribution in [2.24, 2.45) is 0 Å². The Kier molecular flexibility index (Phi) is 5.82. The van der Waals surface area contributed by atoms with Crippen LogP contribution in [0.5, 0.6) is 0 Å². The first kappa shape index (κ1) is 19.5. The van der Waals surface area contributed by atoms with Gasteiger partial charge in [-0.25, -0.2) is 0 Å². The second-order valence-corrected chi connectivity index (χ2v) is 7.80. The molecule has 0 spiro atoms. The van der Waals surface area contributed by atoms with Gasteiger partial charge >= 0.3 is 0 Å². The summed E-state index contributed by atoms with van der Waals surface area (Å²) in [5.74, 6) is 1.69. The average Bonchev–Trinajstić information content (AvgIpc) is 3.38. The normalized spacial score (nSPS) is 12.2. The average molecular weight is 428 g/mol. The minimum atomic E-state index is -0.333. The van der Waals surface area contributed by atoms with Crippen molar-refractivity contribution in [1.29, 1.82) is 0 Å². The Labute approximate surface area is 176 Å². The number of fused-ring (bicyclic) bond motifs is 1. The van der Waals surface area contributed by atoms with Crippen molar-refractivity contribution in [2.75, 3.05) is 12.0 Å². The summed E-state index contributed by atoms with van der Waals surface area (Å²) >= 11 is 7.73. The van der Waals surface area contributed by atoms with Crippen molar-refractivity contribution < 1.29 is 9.32 Å². The third-order valence-electron chi connectivity index (χ3n) is 4.42. The summed E-state index contributed by atoms with van der Waals surface area (Å²) in [7, 11) is 0. The molecule has 1 atom stereocenters. The Morgan fingerprint density at radius 2 is 2.14 bits per heavy atom. The molecule has 0 saturated heterocycles. The Bertz CT molecular complexity index is 1140. The van der Waals surface area contributed by atoms with Crippen molar-refractivity contribution in [1.82, 2.24) is 25.1 Å². The molecule has 9 heteroatoms. The van der Waals surface area contributed by atoms with E-state index < -0.39 is 0 Å². The predicted molar refractivity (Wildman–Crippen MR) is 113 cm³/mol. The van der Waals surface area contributed by atoms with Crippen LogP contribution in [0, 0.1) is 0 Å². The highest BCUT2D eigenvalue weighted by atomic mass is 35.5. The molecule has 1 N–H and O–H groups in total. The minimum Gasteiger partial charge on any atom is -0.355 e. The molecule has 1 amide bonds. The lowest BCUT2D eigenvalue weighted by molar-refractivity contribution is 0.0924. The summed E-state index contributed by atoms with van der Waals surface area (Å²) in [6, 6.07) is 14.2. The topological polar surface area (TPSA) is 85.3 Å². The molecule has 4 rings (SSSR count). The summed E-state index contributed by atoms with van der Waals surface area (Å²) in [4.78, 5) is 12.8. The van der Waals surface area contributed by atoms with Gasteiger partial charge in [-0.3, -0.25) is 9.20 Å². The molecule has 0 aliphatic rings. The number of nitrogens with zero attached hydrogens (tertiary/aromatic N) is 4. The van der Waals surface area contributed by atoms with E-state index in [0.29, 0.717) is 23.0 Å². The van der Waals surface area contributed by atoms with E-state index in [1.165, 1.54) is 0 Å². The van der Waals surface area contributed by atoms with Crippen molar-refractivity contribution >= 4 is 34.9 Å². The van der Waals surface area contributed by atoms with Gasteiger partial charge in [0.05, 0.1) is 6.04 Å². The third kappa shape index (κ3) is 4.28. The molecule has 0 aliphatic carbocycles. The van der Waals surface area contributed by atoms with Gasteiger partial charge in [0.15, 0.2) is 22.9 Å². The number of pyridine rings is 1. The maximum Gasteiger partial charge on any atom is 0.274 e. The van der Waals surface area contributed by atoms with Crippen LogP contribution < -0.4 is 5.32 Å². The molecule has 0 saturated carbocycles. The number of nitrogens with one attached hydrogen (secondary N) is 1. The van der Waals surface area contributed by atoms with Crippen LogP contribution in [0.2, 0.25) is 5.02 Å². The molecule has 0 fully saturated rings. The van der Waals surface area contributed by atoms with E-state index in [4.69, 9.17) is 16.1 Å². The summed E-state index contributed by atoms with van der Waals surface area (Å²) in [5.41, 5.74) is 1.69. The van der Waals surface area contributed by atoms with Crippen LogP contribution in [0.25, 0.3) is 17.0 Å². The lowest BCUT2D eigenvalue weighted by Crippen LogP contribution is -2.30. The monoisotopic (exact) mass is 427 g/mol. The molecule has 4 aromatic rings. The number of aromatic nitrogens is 4. The lowest BCUT2D eigenvalue weighted by atomic mass is 10.1. The summed E-state index contributed by atoms with van der Waals surface area (Å²) in [5, 5.41) is 16.0. The maximum absolute atomic E-state index is 12.8. The number of hydrogen-bond acceptors (Lipinski definition) is 6. The number of carbonyl (C=O) groups excluding carboxylic acids is 1. The van der Waals surface area contributed by atoms with Crippen molar-refractivity contribution in [3.63, 3.8) is 0 Å². The molecule has 3 heterocycles. The highest BCUT2D eigenvalue weighted by molar-refractivity contribution is 7.98. The summed E-state index contributed by atoms with van der Waals surface area (Å²) in [6.45, 7) is 0. The number of rotatable bonds is 7. The van der Waals surface area contributed by atoms with E-state index in [2.05, 4.69) is 20.7 Å². The predicted octanol–water partition coefficient (Wildman–Crippen LogP) is 4.26. The molecule has 0 radical (unpaired) electrons. The van der Waals surface area contributed by atoms with Gasteiger partial charge in [-0.2, -0.15) is 11.8 Å². The molecule has 3 aromatic heterocycles. The largest absolute Gasteiger partial charge is 0.355 e. The zero-order valence-electron chi connectivity index (χ0n) is 15.6. The van der Waals surface area contributed by atoms with E-state index >= 15 is 0 Å². The Morgan fingerprint density at radius 3 is 2.97 bits per heavy atom. The number of amides is 1. The lowest BCUT2D eigenvalue weighted by Gasteiger charge is -2.16. The van der Waals surface area contributed by atoms with Gasteiger partial charge < -0.3 is 9.84 Å². The molecule has 0 aliphatic heterocycles. The van der Waals surface area contributed by atoms with Crippen molar-refractivity contribution in [3.05, 3.63) is 71.3 Å². The van der Waals surface area contributed by atoms with Gasteiger partial charge in [-0.1, -0.05) is 35.0 Å². The van der Waals surface area contributed by atoms with Crippen LogP contribution in [0.4, 0.5) is 0 Å². The quantitative estimate of drug-likeness (QED) is 0.474. The first-order valence-corrected chi connectivity index (χ1v) is 10.7. The number of carbonyl (C=O) groups is 1. The standard InChI is InChI=1S/C20H18ClN5O2S/c1-29-10-8-15(19-24-23-18-7-2-3-9-26(18)19)22-20(27)16-12-17(28-25-16)13-5-4-6-14(21)11-13/h2-7,9,11-12,15H,8,10H2,1H3,(H,22,27). The molecule has 7 nitrogen and oxygen atoms in total. The van der Waals surface area contributed by atoms with Crippen LogP contribution >= 0.6 is 23.4 Å². The Morgan fingerprint density at radius 1 is 1.24 bits per heavy atom. The van der Waals surface area contributed by atoms with E-state index in [1.54, 1.807) is 30.0 Å². The zero-order valence-corrected chi connectivity index (χ0v) is 17.2. The SMILES string of the molecule is CSCCC(NC(=O)c1cc(-c2cccc(Cl)c2)on1)c1nnc2ccccn12. The molecule has 29 heavy (non-hydrogen) atoms. The molecule has 148 valence electrons. The number of thioether (sulfide) groups is 1. The fourth-order valence-corrected chi connectivity index (χ4v) is 3.65. The molecule has 0 bridgehead atoms. The van der Waals surface area contributed by atoms with E-state index in [9.17, 15) is 4.79 Å². The molecule has 1 aromatic carbocycles. The van der Waals surface area contributed by atoms with Crippen molar-refractivity contribution in [2.45, 2.75) is 12.5 Å². The Hall–Kier alpha value is -2.84. The van der Waals surface area contributed by atoms with Crippen LogP contribution in [-0.2, 0) is 0 Å². The molecular weight excluding hydrogens is 410 g/mol. The smallest absolute Gasteiger partial charge is 0.274 e. The fraction of sp³-hybridized carbons (Fsp3) is 0.200. The van der Waals surface area contributed by atoms with Gasteiger partial charge in [0.25, 0.3) is 5.91 Å². The third-order valence-corrected chi connectivity index (χ3v) is 5.30. The van der Waals surface area contributed by atoms with Gasteiger partial charge in [0.1, 0.15) is 0 Å². The van der Waals surface area contributed by atoms with E-state index in [1.807, 2.05) is 47.2 Å². The molecular formula is C20H18ClN5O2S. The highest BCUT2D eigenvalue weighted by Gasteiger charge is 2.23. The van der Waals surface area contributed by atoms with Gasteiger partial charge in [0, 0.05) is 22.8 Å². The molecule has 1 unspecified atom stereocenters. The second-order valence-electron chi connectivity index (χ2n) is 6.38. The first-order chi connectivity index (χ1) is 14.2. The number of halogens is 1.